The van der Waals surface area contributed by atoms with E-state index in [1.54, 1.807) is 0 Å². The smallest absolute Gasteiger partial charge is 0.00965 e. The zero-order chi connectivity index (χ0) is 8.74. The van der Waals surface area contributed by atoms with E-state index in [4.69, 9.17) is 0 Å². The predicted octanol–water partition coefficient (Wildman–Crippen LogP) is 2.77. The van der Waals surface area contributed by atoms with Crippen LogP contribution in [0, 0.1) is 6.92 Å². The van der Waals surface area contributed by atoms with Crippen LogP contribution in [0.25, 0.3) is 0 Å². The summed E-state index contributed by atoms with van der Waals surface area (Å²) in [5.41, 5.74) is 0.282. The first-order valence-corrected chi connectivity index (χ1v) is 4.60. The minimum Gasteiger partial charge on any atom is -0.312 e. The van der Waals surface area contributed by atoms with Gasteiger partial charge in [-0.25, -0.2) is 0 Å². The monoisotopic (exact) mass is 156 g/mol. The van der Waals surface area contributed by atoms with E-state index in [9.17, 15) is 0 Å². The van der Waals surface area contributed by atoms with Crippen LogP contribution in [0.15, 0.2) is 0 Å². The molecule has 0 heterocycles. The molecule has 67 valence electrons. The number of hydrogen-bond acceptors (Lipinski definition) is 1. The summed E-state index contributed by atoms with van der Waals surface area (Å²) in [7, 11) is 0. The van der Waals surface area contributed by atoms with Gasteiger partial charge in [-0.15, -0.1) is 0 Å². The lowest BCUT2D eigenvalue weighted by Crippen LogP contribution is -2.36. The number of unbranched alkanes of at least 4 members (excludes halogenated alkanes) is 3. The van der Waals surface area contributed by atoms with E-state index in [0.717, 1.165) is 13.0 Å². The molecule has 11 heavy (non-hydrogen) atoms. The van der Waals surface area contributed by atoms with Gasteiger partial charge in [0, 0.05) is 5.54 Å². The third kappa shape index (κ3) is 9.96. The summed E-state index contributed by atoms with van der Waals surface area (Å²) < 4.78 is 0. The van der Waals surface area contributed by atoms with Gasteiger partial charge in [-0.3, -0.25) is 0 Å². The van der Waals surface area contributed by atoms with Crippen molar-refractivity contribution in [2.45, 2.75) is 52.0 Å². The largest absolute Gasteiger partial charge is 0.312 e. The van der Waals surface area contributed by atoms with Crippen LogP contribution in [-0.2, 0) is 0 Å². The van der Waals surface area contributed by atoms with Crippen LogP contribution in [-0.4, -0.2) is 12.1 Å². The second kappa shape index (κ2) is 5.59. The minimum absolute atomic E-state index is 0.282. The molecule has 0 unspecified atom stereocenters. The Hall–Kier alpha value is -0.0400. The number of hydrogen-bond donors (Lipinski definition) is 1. The first-order chi connectivity index (χ1) is 5.06. The van der Waals surface area contributed by atoms with Crippen molar-refractivity contribution in [2.24, 2.45) is 0 Å². The predicted molar refractivity (Wildman–Crippen MR) is 51.6 cm³/mol. The third-order valence-electron chi connectivity index (χ3n) is 1.58. The highest BCUT2D eigenvalue weighted by molar-refractivity contribution is 4.69. The van der Waals surface area contributed by atoms with E-state index in [2.05, 4.69) is 33.0 Å². The topological polar surface area (TPSA) is 12.0 Å². The van der Waals surface area contributed by atoms with Crippen molar-refractivity contribution in [3.8, 4) is 0 Å². The summed E-state index contributed by atoms with van der Waals surface area (Å²) in [6.07, 6.45) is 4.95. The molecule has 0 aromatic rings. The van der Waals surface area contributed by atoms with Gasteiger partial charge in [0.05, 0.1) is 0 Å². The molecular formula is C10H22N. The normalized spacial score (nSPS) is 12.0. The van der Waals surface area contributed by atoms with Crippen molar-refractivity contribution in [3.63, 3.8) is 0 Å². The lowest BCUT2D eigenvalue weighted by Gasteiger charge is -2.20. The van der Waals surface area contributed by atoms with Crippen molar-refractivity contribution < 1.29 is 0 Å². The molecule has 0 saturated heterocycles. The van der Waals surface area contributed by atoms with Gasteiger partial charge in [0.15, 0.2) is 0 Å². The Morgan fingerprint density at radius 1 is 1.09 bits per heavy atom. The van der Waals surface area contributed by atoms with Crippen LogP contribution in [0.1, 0.15) is 46.5 Å². The maximum Gasteiger partial charge on any atom is 0.00965 e. The molecule has 0 aromatic carbocycles. The van der Waals surface area contributed by atoms with Crippen molar-refractivity contribution in [1.29, 1.82) is 0 Å². The van der Waals surface area contributed by atoms with Crippen LogP contribution in [0.3, 0.4) is 0 Å². The maximum absolute atomic E-state index is 3.81. The Morgan fingerprint density at radius 3 is 2.18 bits per heavy atom. The Kier molecular flexibility index (Phi) is 5.57. The van der Waals surface area contributed by atoms with Crippen LogP contribution < -0.4 is 5.32 Å². The molecule has 0 aliphatic heterocycles. The fourth-order valence-electron chi connectivity index (χ4n) is 0.942. The molecule has 0 spiro atoms. The first kappa shape index (κ1) is 11.0. The lowest BCUT2D eigenvalue weighted by atomic mass is 10.1. The van der Waals surface area contributed by atoms with Gasteiger partial charge < -0.3 is 5.32 Å². The molecule has 1 radical (unpaired) electrons. The molecule has 1 heteroatoms. The highest BCUT2D eigenvalue weighted by Gasteiger charge is 2.06. The molecule has 0 atom stereocenters. The second-order valence-corrected chi connectivity index (χ2v) is 4.09. The maximum atomic E-state index is 3.81. The van der Waals surface area contributed by atoms with E-state index in [1.165, 1.54) is 19.3 Å². The van der Waals surface area contributed by atoms with Crippen molar-refractivity contribution >= 4 is 0 Å². The fraction of sp³-hybridized carbons (Fsp3) is 0.900. The molecule has 1 nitrogen and oxygen atoms in total. The van der Waals surface area contributed by atoms with Crippen molar-refractivity contribution in [2.75, 3.05) is 6.54 Å². The van der Waals surface area contributed by atoms with Crippen LogP contribution in [0.2, 0.25) is 0 Å². The van der Waals surface area contributed by atoms with Gasteiger partial charge in [0.1, 0.15) is 0 Å². The Labute approximate surface area is 71.6 Å². The quantitative estimate of drug-likeness (QED) is 0.603. The molecule has 0 rings (SSSR count). The standard InChI is InChI=1S/C10H22N/c1-5-6-7-8-9-11-10(2,3)4/h11H,1,5-9H2,2-4H3. The fourth-order valence-corrected chi connectivity index (χ4v) is 0.942. The van der Waals surface area contributed by atoms with E-state index in [0.29, 0.717) is 0 Å². The van der Waals surface area contributed by atoms with E-state index in [-0.39, 0.29) is 5.54 Å². The Bertz CT molecular complexity index is 81.4. The number of nitrogens with one attached hydrogen (secondary N) is 1. The highest BCUT2D eigenvalue weighted by atomic mass is 14.9. The molecule has 0 fully saturated rings. The average Bonchev–Trinajstić information content (AvgIpc) is 1.85. The van der Waals surface area contributed by atoms with Crippen LogP contribution in [0.4, 0.5) is 0 Å². The summed E-state index contributed by atoms with van der Waals surface area (Å²) in [6.45, 7) is 11.6. The second-order valence-electron chi connectivity index (χ2n) is 4.09. The lowest BCUT2D eigenvalue weighted by molar-refractivity contribution is 0.417. The van der Waals surface area contributed by atoms with Gasteiger partial charge in [-0.2, -0.15) is 0 Å². The SMILES string of the molecule is [CH2]CCCCCNC(C)(C)C. The summed E-state index contributed by atoms with van der Waals surface area (Å²) in [4.78, 5) is 0. The zero-order valence-corrected chi connectivity index (χ0v) is 8.24. The van der Waals surface area contributed by atoms with Crippen LogP contribution in [0.5, 0.6) is 0 Å². The molecule has 0 aliphatic rings. The number of rotatable bonds is 5. The van der Waals surface area contributed by atoms with Gasteiger partial charge in [0.25, 0.3) is 0 Å². The van der Waals surface area contributed by atoms with Crippen molar-refractivity contribution in [3.05, 3.63) is 6.92 Å². The molecule has 0 saturated carbocycles. The van der Waals surface area contributed by atoms with Gasteiger partial charge in [-0.05, 0) is 33.7 Å². The van der Waals surface area contributed by atoms with Crippen LogP contribution >= 0.6 is 0 Å². The van der Waals surface area contributed by atoms with Gasteiger partial charge >= 0.3 is 0 Å². The summed E-state index contributed by atoms with van der Waals surface area (Å²) in [6, 6.07) is 0. The molecule has 0 aliphatic carbocycles. The average molecular weight is 156 g/mol. The van der Waals surface area contributed by atoms with Gasteiger partial charge in [0.2, 0.25) is 0 Å². The molecule has 0 bridgehead atoms. The molecular weight excluding hydrogens is 134 g/mol. The van der Waals surface area contributed by atoms with Crippen molar-refractivity contribution in [1.82, 2.24) is 5.32 Å². The molecule has 1 N–H and O–H groups in total. The molecule has 0 amide bonds. The molecule has 0 aromatic heterocycles. The summed E-state index contributed by atoms with van der Waals surface area (Å²) >= 11 is 0. The highest BCUT2D eigenvalue weighted by Crippen LogP contribution is 2.01. The van der Waals surface area contributed by atoms with Gasteiger partial charge in [-0.1, -0.05) is 26.2 Å². The van der Waals surface area contributed by atoms with E-state index >= 15 is 0 Å². The summed E-state index contributed by atoms with van der Waals surface area (Å²) in [5, 5.41) is 3.46. The third-order valence-corrected chi connectivity index (χ3v) is 1.58. The van der Waals surface area contributed by atoms with E-state index in [1.807, 2.05) is 0 Å². The van der Waals surface area contributed by atoms with E-state index < -0.39 is 0 Å². The Balaban J connectivity index is 3.02. The minimum atomic E-state index is 0.282. The zero-order valence-electron chi connectivity index (χ0n) is 8.24. The first-order valence-electron chi connectivity index (χ1n) is 4.60. The summed E-state index contributed by atoms with van der Waals surface area (Å²) in [5.74, 6) is 0. The Morgan fingerprint density at radius 2 is 1.73 bits per heavy atom.